The number of thiazole rings is 1. The molecule has 0 aliphatic carbocycles. The number of benzene rings is 2. The molecule has 1 fully saturated rings. The first kappa shape index (κ1) is 21.0. The van der Waals surface area contributed by atoms with Crippen LogP contribution in [0.4, 0.5) is 5.13 Å². The summed E-state index contributed by atoms with van der Waals surface area (Å²) < 4.78 is 56.7. The molecular weight excluding hydrogens is 446 g/mol. The summed E-state index contributed by atoms with van der Waals surface area (Å²) in [6.07, 6.45) is 1.18. The number of anilines is 1. The number of sulfonamides is 1. The lowest BCUT2D eigenvalue weighted by Gasteiger charge is -2.33. The third-order valence-electron chi connectivity index (χ3n) is 4.98. The van der Waals surface area contributed by atoms with Crippen LogP contribution < -0.4 is 9.64 Å². The predicted molar refractivity (Wildman–Crippen MR) is 117 cm³/mol. The van der Waals surface area contributed by atoms with Crippen LogP contribution in [0.1, 0.15) is 0 Å². The Hall–Kier alpha value is -2.21. The van der Waals surface area contributed by atoms with Gasteiger partial charge in [-0.15, -0.1) is 0 Å². The highest BCUT2D eigenvalue weighted by Gasteiger charge is 2.29. The van der Waals surface area contributed by atoms with E-state index in [-0.39, 0.29) is 9.79 Å². The van der Waals surface area contributed by atoms with Crippen LogP contribution in [0.5, 0.6) is 5.75 Å². The number of sulfone groups is 1. The second-order valence-electron chi connectivity index (χ2n) is 6.96. The zero-order valence-electron chi connectivity index (χ0n) is 16.5. The molecule has 1 aromatic heterocycles. The van der Waals surface area contributed by atoms with Gasteiger partial charge in [0.2, 0.25) is 10.0 Å². The van der Waals surface area contributed by atoms with Crippen LogP contribution >= 0.6 is 11.3 Å². The molecule has 1 saturated heterocycles. The Morgan fingerprint density at radius 1 is 0.933 bits per heavy atom. The number of piperazine rings is 1. The molecule has 11 heteroatoms. The molecule has 2 aromatic carbocycles. The minimum atomic E-state index is -3.57. The van der Waals surface area contributed by atoms with Crippen molar-refractivity contribution >= 4 is 46.5 Å². The smallest absolute Gasteiger partial charge is 0.243 e. The Balaban J connectivity index is 1.50. The molecule has 160 valence electrons. The van der Waals surface area contributed by atoms with Crippen LogP contribution in [0, 0.1) is 0 Å². The van der Waals surface area contributed by atoms with E-state index >= 15 is 0 Å². The summed E-state index contributed by atoms with van der Waals surface area (Å²) in [6.45, 7) is 1.71. The number of aromatic nitrogens is 1. The lowest BCUT2D eigenvalue weighted by atomic mass is 10.3. The highest BCUT2D eigenvalue weighted by molar-refractivity contribution is 7.90. The molecule has 0 saturated carbocycles. The molecule has 0 radical (unpaired) electrons. The molecule has 1 aliphatic rings. The van der Waals surface area contributed by atoms with Crippen molar-refractivity contribution in [2.24, 2.45) is 0 Å². The van der Waals surface area contributed by atoms with E-state index in [2.05, 4.69) is 4.98 Å². The van der Waals surface area contributed by atoms with Gasteiger partial charge in [-0.2, -0.15) is 4.31 Å². The maximum atomic E-state index is 12.9. The predicted octanol–water partition coefficient (Wildman–Crippen LogP) is 2.22. The molecule has 4 rings (SSSR count). The van der Waals surface area contributed by atoms with Crippen LogP contribution in [0.3, 0.4) is 0 Å². The van der Waals surface area contributed by atoms with E-state index in [9.17, 15) is 16.8 Å². The van der Waals surface area contributed by atoms with Gasteiger partial charge in [-0.3, -0.25) is 0 Å². The van der Waals surface area contributed by atoms with Crippen molar-refractivity contribution in [1.29, 1.82) is 0 Å². The summed E-state index contributed by atoms with van der Waals surface area (Å²) in [6, 6.07) is 11.3. The summed E-state index contributed by atoms with van der Waals surface area (Å²) in [5.74, 6) is 0.605. The summed E-state index contributed by atoms with van der Waals surface area (Å²) in [4.78, 5) is 7.13. The Kier molecular flexibility index (Phi) is 5.47. The Morgan fingerprint density at radius 3 is 2.17 bits per heavy atom. The minimum Gasteiger partial charge on any atom is -0.497 e. The average Bonchev–Trinajstić information content (AvgIpc) is 3.17. The monoisotopic (exact) mass is 467 g/mol. The maximum absolute atomic E-state index is 12.9. The molecule has 0 amide bonds. The summed E-state index contributed by atoms with van der Waals surface area (Å²) in [5.41, 5.74) is 0.732. The summed E-state index contributed by atoms with van der Waals surface area (Å²) in [5, 5.41) is 0.761. The highest BCUT2D eigenvalue weighted by Crippen LogP contribution is 2.31. The molecule has 3 aromatic rings. The SMILES string of the molecule is COc1ccc(S(=O)(=O)N2CCN(c3nc4ccc(S(C)(=O)=O)cc4s3)CC2)cc1. The fraction of sp³-hybridized carbons (Fsp3) is 0.316. The van der Waals surface area contributed by atoms with Crippen LogP contribution in [-0.4, -0.2) is 65.7 Å². The summed E-state index contributed by atoms with van der Waals surface area (Å²) >= 11 is 1.41. The van der Waals surface area contributed by atoms with Crippen LogP contribution in [0.2, 0.25) is 0 Å². The number of ether oxygens (including phenoxy) is 1. The zero-order valence-corrected chi connectivity index (χ0v) is 18.9. The molecule has 0 bridgehead atoms. The Morgan fingerprint density at radius 2 is 1.57 bits per heavy atom. The molecule has 30 heavy (non-hydrogen) atoms. The Bertz CT molecular complexity index is 1280. The average molecular weight is 468 g/mol. The van der Waals surface area contributed by atoms with E-state index in [0.29, 0.717) is 31.9 Å². The van der Waals surface area contributed by atoms with Gasteiger partial charge in [0, 0.05) is 32.4 Å². The van der Waals surface area contributed by atoms with Gasteiger partial charge in [0.25, 0.3) is 0 Å². The van der Waals surface area contributed by atoms with E-state index in [1.807, 2.05) is 4.90 Å². The van der Waals surface area contributed by atoms with Crippen molar-refractivity contribution in [3.8, 4) is 5.75 Å². The number of methoxy groups -OCH3 is 1. The zero-order chi connectivity index (χ0) is 21.5. The third-order valence-corrected chi connectivity index (χ3v) is 9.09. The first-order valence-corrected chi connectivity index (χ1v) is 13.3. The topological polar surface area (TPSA) is 96.9 Å². The van der Waals surface area contributed by atoms with Gasteiger partial charge in [-0.25, -0.2) is 21.8 Å². The molecule has 0 N–H and O–H groups in total. The molecular formula is C19H21N3O5S3. The molecule has 2 heterocycles. The van der Waals surface area contributed by atoms with Gasteiger partial charge in [0.05, 0.1) is 27.1 Å². The van der Waals surface area contributed by atoms with Gasteiger partial charge >= 0.3 is 0 Å². The van der Waals surface area contributed by atoms with Gasteiger partial charge in [-0.1, -0.05) is 11.3 Å². The number of hydrogen-bond acceptors (Lipinski definition) is 8. The molecule has 0 atom stereocenters. The van der Waals surface area contributed by atoms with E-state index in [0.717, 1.165) is 15.3 Å². The molecule has 0 unspecified atom stereocenters. The van der Waals surface area contributed by atoms with E-state index in [4.69, 9.17) is 4.74 Å². The van der Waals surface area contributed by atoms with E-state index in [1.54, 1.807) is 42.5 Å². The van der Waals surface area contributed by atoms with Crippen molar-refractivity contribution in [2.45, 2.75) is 9.79 Å². The quantitative estimate of drug-likeness (QED) is 0.568. The lowest BCUT2D eigenvalue weighted by molar-refractivity contribution is 0.384. The third kappa shape index (κ3) is 4.02. The Labute approximate surface area is 179 Å². The number of rotatable bonds is 5. The second kappa shape index (κ2) is 7.80. The number of nitrogens with zero attached hydrogens (tertiary/aromatic N) is 3. The van der Waals surface area contributed by atoms with Gasteiger partial charge in [-0.05, 0) is 42.5 Å². The lowest BCUT2D eigenvalue weighted by Crippen LogP contribution is -2.48. The standard InChI is InChI=1S/C19H21N3O5S3/c1-27-14-3-5-15(6-4-14)30(25,26)22-11-9-21(10-12-22)19-20-17-8-7-16(29(2,23)24)13-18(17)28-19/h3-8,13H,9-12H2,1-2H3. The van der Waals surface area contributed by atoms with E-state index in [1.165, 1.54) is 29.0 Å². The van der Waals surface area contributed by atoms with Gasteiger partial charge in [0.1, 0.15) is 5.75 Å². The van der Waals surface area contributed by atoms with Crippen molar-refractivity contribution in [2.75, 3.05) is 44.4 Å². The molecule has 8 nitrogen and oxygen atoms in total. The molecule has 1 aliphatic heterocycles. The first-order valence-electron chi connectivity index (χ1n) is 9.18. The van der Waals surface area contributed by atoms with Gasteiger partial charge in [0.15, 0.2) is 15.0 Å². The maximum Gasteiger partial charge on any atom is 0.243 e. The van der Waals surface area contributed by atoms with Crippen molar-refractivity contribution in [3.63, 3.8) is 0 Å². The number of hydrogen-bond donors (Lipinski definition) is 0. The number of fused-ring (bicyclic) bond motifs is 1. The minimum absolute atomic E-state index is 0.241. The van der Waals surface area contributed by atoms with Crippen LogP contribution in [0.25, 0.3) is 10.2 Å². The first-order chi connectivity index (χ1) is 14.2. The normalized spacial score (nSPS) is 16.1. The second-order valence-corrected chi connectivity index (χ2v) is 11.9. The molecule has 0 spiro atoms. The highest BCUT2D eigenvalue weighted by atomic mass is 32.2. The van der Waals surface area contributed by atoms with Crippen LogP contribution in [0.15, 0.2) is 52.3 Å². The van der Waals surface area contributed by atoms with E-state index < -0.39 is 19.9 Å². The summed E-state index contributed by atoms with van der Waals surface area (Å²) in [7, 11) is -5.32. The fourth-order valence-corrected chi connectivity index (χ4v) is 6.48. The largest absolute Gasteiger partial charge is 0.497 e. The van der Waals surface area contributed by atoms with Crippen molar-refractivity contribution in [1.82, 2.24) is 9.29 Å². The van der Waals surface area contributed by atoms with Crippen LogP contribution in [-0.2, 0) is 19.9 Å². The fourth-order valence-electron chi connectivity index (χ4n) is 3.28. The van der Waals surface area contributed by atoms with Gasteiger partial charge < -0.3 is 9.64 Å². The van der Waals surface area contributed by atoms with Crippen molar-refractivity contribution < 1.29 is 21.6 Å². The van der Waals surface area contributed by atoms with Crippen molar-refractivity contribution in [3.05, 3.63) is 42.5 Å².